The molecule has 2 aromatic carbocycles. The van der Waals surface area contributed by atoms with E-state index in [4.69, 9.17) is 4.74 Å². The van der Waals surface area contributed by atoms with Crippen LogP contribution in [0.25, 0.3) is 10.8 Å². The standard InChI is InChI=1S/C20H19NO4S2/c22-18(21-9-11-26-13-15-5-3-10-27-15)12-25-20(24)17-8-7-14-4-1-2-6-16(14)19(17)23/h1-8,10,23H,9,11-13H2,(H,21,22). The molecule has 5 nitrogen and oxygen atoms in total. The van der Waals surface area contributed by atoms with Crippen molar-refractivity contribution in [2.45, 2.75) is 5.75 Å². The fourth-order valence-electron chi connectivity index (χ4n) is 2.51. The third kappa shape index (κ3) is 5.24. The third-order valence-corrected chi connectivity index (χ3v) is 5.91. The molecule has 3 aromatic rings. The van der Waals surface area contributed by atoms with Gasteiger partial charge >= 0.3 is 5.97 Å². The molecule has 0 aliphatic carbocycles. The first-order valence-electron chi connectivity index (χ1n) is 8.40. The third-order valence-electron chi connectivity index (χ3n) is 3.85. The Bertz CT molecular complexity index is 925. The molecule has 1 heterocycles. The zero-order valence-electron chi connectivity index (χ0n) is 14.5. The zero-order valence-corrected chi connectivity index (χ0v) is 16.1. The zero-order chi connectivity index (χ0) is 19.1. The van der Waals surface area contributed by atoms with Gasteiger partial charge in [-0.05, 0) is 22.9 Å². The molecule has 0 bridgehead atoms. The summed E-state index contributed by atoms with van der Waals surface area (Å²) in [6.07, 6.45) is 0. The molecule has 2 N–H and O–H groups in total. The number of esters is 1. The lowest BCUT2D eigenvalue weighted by molar-refractivity contribution is -0.124. The molecule has 0 unspecified atom stereocenters. The summed E-state index contributed by atoms with van der Waals surface area (Å²) in [6, 6.07) is 14.5. The summed E-state index contributed by atoms with van der Waals surface area (Å²) in [5.41, 5.74) is 0.0491. The largest absolute Gasteiger partial charge is 0.506 e. The van der Waals surface area contributed by atoms with Gasteiger partial charge in [-0.3, -0.25) is 4.79 Å². The Hall–Kier alpha value is -2.51. The average Bonchev–Trinajstić information content (AvgIpc) is 3.20. The normalized spacial score (nSPS) is 10.7. The number of carbonyl (C=O) groups excluding carboxylic acids is 2. The van der Waals surface area contributed by atoms with Gasteiger partial charge in [0.25, 0.3) is 5.91 Å². The van der Waals surface area contributed by atoms with Crippen LogP contribution in [0.15, 0.2) is 53.9 Å². The number of nitrogens with one attached hydrogen (secondary N) is 1. The van der Waals surface area contributed by atoms with E-state index in [1.807, 2.05) is 23.6 Å². The van der Waals surface area contributed by atoms with E-state index in [9.17, 15) is 14.7 Å². The molecular formula is C20H19NO4S2. The summed E-state index contributed by atoms with van der Waals surface area (Å²) in [5, 5.41) is 16.4. The van der Waals surface area contributed by atoms with Crippen LogP contribution in [0.4, 0.5) is 0 Å². The van der Waals surface area contributed by atoms with E-state index < -0.39 is 5.97 Å². The van der Waals surface area contributed by atoms with Crippen LogP contribution in [0.2, 0.25) is 0 Å². The first kappa shape index (κ1) is 19.3. The number of thiophene rings is 1. The molecule has 0 spiro atoms. The topological polar surface area (TPSA) is 75.6 Å². The van der Waals surface area contributed by atoms with Crippen molar-refractivity contribution in [2.24, 2.45) is 0 Å². The van der Waals surface area contributed by atoms with Crippen molar-refractivity contribution in [3.8, 4) is 5.75 Å². The molecule has 0 aliphatic rings. The molecule has 3 rings (SSSR count). The van der Waals surface area contributed by atoms with Gasteiger partial charge in [-0.2, -0.15) is 11.8 Å². The average molecular weight is 402 g/mol. The number of thioether (sulfide) groups is 1. The predicted octanol–water partition coefficient (Wildman–Crippen LogP) is 3.81. The highest BCUT2D eigenvalue weighted by molar-refractivity contribution is 7.98. The molecule has 1 amide bonds. The lowest BCUT2D eigenvalue weighted by atomic mass is 10.1. The van der Waals surface area contributed by atoms with Gasteiger partial charge in [0.05, 0.1) is 0 Å². The van der Waals surface area contributed by atoms with E-state index in [0.29, 0.717) is 11.9 Å². The van der Waals surface area contributed by atoms with Gasteiger partial charge in [0.15, 0.2) is 6.61 Å². The van der Waals surface area contributed by atoms with Gasteiger partial charge in [-0.25, -0.2) is 4.79 Å². The lowest BCUT2D eigenvalue weighted by Crippen LogP contribution is -2.30. The van der Waals surface area contributed by atoms with E-state index in [2.05, 4.69) is 11.4 Å². The minimum atomic E-state index is -0.722. The van der Waals surface area contributed by atoms with Crippen LogP contribution in [0.1, 0.15) is 15.2 Å². The van der Waals surface area contributed by atoms with Crippen LogP contribution in [-0.2, 0) is 15.3 Å². The molecule has 1 aromatic heterocycles. The minimum Gasteiger partial charge on any atom is -0.506 e. The number of hydrogen-bond donors (Lipinski definition) is 2. The predicted molar refractivity (Wildman–Crippen MR) is 109 cm³/mol. The first-order chi connectivity index (χ1) is 13.1. The fourth-order valence-corrected chi connectivity index (χ4v) is 4.21. The van der Waals surface area contributed by atoms with Gasteiger partial charge in [0, 0.05) is 28.3 Å². The number of phenols is 1. The summed E-state index contributed by atoms with van der Waals surface area (Å²) >= 11 is 3.44. The van der Waals surface area contributed by atoms with Crippen molar-refractivity contribution >= 4 is 45.7 Å². The van der Waals surface area contributed by atoms with Gasteiger partial charge in [-0.1, -0.05) is 36.4 Å². The second-order valence-corrected chi connectivity index (χ2v) is 7.88. The Morgan fingerprint density at radius 2 is 1.96 bits per heavy atom. The molecule has 0 fully saturated rings. The highest BCUT2D eigenvalue weighted by Gasteiger charge is 2.16. The number of amides is 1. The maximum absolute atomic E-state index is 12.2. The Kier molecular flexibility index (Phi) is 6.73. The summed E-state index contributed by atoms with van der Waals surface area (Å²) in [5.74, 6) is 0.483. The quantitative estimate of drug-likeness (QED) is 0.443. The first-order valence-corrected chi connectivity index (χ1v) is 10.4. The maximum atomic E-state index is 12.2. The van der Waals surface area contributed by atoms with Crippen molar-refractivity contribution in [1.82, 2.24) is 5.32 Å². The van der Waals surface area contributed by atoms with Crippen LogP contribution >= 0.6 is 23.1 Å². The van der Waals surface area contributed by atoms with Crippen molar-refractivity contribution in [3.05, 3.63) is 64.4 Å². The number of hydrogen-bond acceptors (Lipinski definition) is 6. The minimum absolute atomic E-state index is 0.0491. The second-order valence-electron chi connectivity index (χ2n) is 5.74. The number of carbonyl (C=O) groups is 2. The van der Waals surface area contributed by atoms with Gasteiger partial charge in [0.1, 0.15) is 11.3 Å². The van der Waals surface area contributed by atoms with Crippen molar-refractivity contribution in [2.75, 3.05) is 18.9 Å². The number of aromatic hydroxyl groups is 1. The molecule has 0 radical (unpaired) electrons. The van der Waals surface area contributed by atoms with Crippen LogP contribution in [-0.4, -0.2) is 35.9 Å². The molecule has 27 heavy (non-hydrogen) atoms. The van der Waals surface area contributed by atoms with E-state index in [1.54, 1.807) is 41.3 Å². The van der Waals surface area contributed by atoms with Gasteiger partial charge < -0.3 is 15.2 Å². The fraction of sp³-hybridized carbons (Fsp3) is 0.200. The summed E-state index contributed by atoms with van der Waals surface area (Å²) in [6.45, 7) is 0.133. The SMILES string of the molecule is O=C(COC(=O)c1ccc2ccccc2c1O)NCCSCc1cccs1. The van der Waals surface area contributed by atoms with E-state index in [0.717, 1.165) is 16.9 Å². The number of fused-ring (bicyclic) bond motifs is 1. The number of phenolic OH excluding ortho intramolecular Hbond substituents is 1. The molecular weight excluding hydrogens is 382 g/mol. The Morgan fingerprint density at radius 1 is 1.11 bits per heavy atom. The van der Waals surface area contributed by atoms with Crippen molar-refractivity contribution < 1.29 is 19.4 Å². The van der Waals surface area contributed by atoms with E-state index in [1.165, 1.54) is 10.9 Å². The van der Waals surface area contributed by atoms with Crippen LogP contribution in [0, 0.1) is 0 Å². The molecule has 7 heteroatoms. The molecule has 0 saturated carbocycles. The number of benzene rings is 2. The molecule has 140 valence electrons. The number of ether oxygens (including phenoxy) is 1. The molecule has 0 aliphatic heterocycles. The Labute approximate surface area is 165 Å². The lowest BCUT2D eigenvalue weighted by Gasteiger charge is -2.09. The van der Waals surface area contributed by atoms with Crippen LogP contribution < -0.4 is 5.32 Å². The Balaban J connectivity index is 1.42. The van der Waals surface area contributed by atoms with Crippen molar-refractivity contribution in [1.29, 1.82) is 0 Å². The molecule has 0 atom stereocenters. The van der Waals surface area contributed by atoms with E-state index >= 15 is 0 Å². The molecule has 0 saturated heterocycles. The second kappa shape index (κ2) is 9.43. The monoisotopic (exact) mass is 401 g/mol. The van der Waals surface area contributed by atoms with E-state index in [-0.39, 0.29) is 23.8 Å². The van der Waals surface area contributed by atoms with Crippen LogP contribution in [0.5, 0.6) is 5.75 Å². The van der Waals surface area contributed by atoms with Gasteiger partial charge in [-0.15, -0.1) is 11.3 Å². The van der Waals surface area contributed by atoms with Crippen LogP contribution in [0.3, 0.4) is 0 Å². The Morgan fingerprint density at radius 3 is 2.78 bits per heavy atom. The number of rotatable bonds is 8. The summed E-state index contributed by atoms with van der Waals surface area (Å²) in [4.78, 5) is 25.3. The van der Waals surface area contributed by atoms with Gasteiger partial charge in [0.2, 0.25) is 0 Å². The smallest absolute Gasteiger partial charge is 0.342 e. The van der Waals surface area contributed by atoms with Crippen molar-refractivity contribution in [3.63, 3.8) is 0 Å². The highest BCUT2D eigenvalue weighted by atomic mass is 32.2. The highest BCUT2D eigenvalue weighted by Crippen LogP contribution is 2.28. The maximum Gasteiger partial charge on any atom is 0.342 e. The summed E-state index contributed by atoms with van der Waals surface area (Å²) in [7, 11) is 0. The summed E-state index contributed by atoms with van der Waals surface area (Å²) < 4.78 is 5.02.